The number of halogens is 1. The Morgan fingerprint density at radius 1 is 1.12 bits per heavy atom. The van der Waals surface area contributed by atoms with Crippen molar-refractivity contribution in [2.75, 3.05) is 7.05 Å². The lowest BCUT2D eigenvalue weighted by Gasteiger charge is -2.18. The van der Waals surface area contributed by atoms with Crippen molar-refractivity contribution in [3.8, 4) is 6.07 Å². The van der Waals surface area contributed by atoms with E-state index in [0.717, 1.165) is 0 Å². The minimum Gasteiger partial charge on any atom is -0.364 e. The van der Waals surface area contributed by atoms with Crippen molar-refractivity contribution in [2.45, 2.75) is 30.2 Å². The van der Waals surface area contributed by atoms with Crippen LogP contribution in [0.4, 0.5) is 0 Å². The van der Waals surface area contributed by atoms with Crippen molar-refractivity contribution in [1.29, 1.82) is 5.26 Å². The number of aryl methyl sites for hydroxylation is 1. The minimum atomic E-state index is -4.36. The van der Waals surface area contributed by atoms with Crippen LogP contribution in [0.25, 0.3) is 0 Å². The third-order valence-corrected chi connectivity index (χ3v) is 7.61. The monoisotopic (exact) mass is 484 g/mol. The van der Waals surface area contributed by atoms with E-state index in [1.807, 2.05) is 6.07 Å². The molecule has 0 atom stereocenters. The highest BCUT2D eigenvalue weighted by molar-refractivity contribution is 7.91. The number of nitrogens with zero attached hydrogens (tertiary/aromatic N) is 2. The number of rotatable bonds is 6. The summed E-state index contributed by atoms with van der Waals surface area (Å²) in [5, 5.41) is 9.98. The number of carbonyl (C=O) groups is 2. The summed E-state index contributed by atoms with van der Waals surface area (Å²) >= 11 is 6.18. The van der Waals surface area contributed by atoms with Gasteiger partial charge in [0, 0.05) is 18.6 Å². The van der Waals surface area contributed by atoms with Gasteiger partial charge in [-0.15, -0.1) is 0 Å². The molecule has 0 radical (unpaired) electrons. The molecule has 1 aromatic heterocycles. The Balaban J connectivity index is 2.13. The van der Waals surface area contributed by atoms with Gasteiger partial charge in [0.1, 0.15) is 22.4 Å². The van der Waals surface area contributed by atoms with Crippen molar-refractivity contribution in [1.82, 2.24) is 9.88 Å². The molecule has 10 heteroatoms. The molecule has 0 saturated heterocycles. The number of aromatic nitrogens is 1. The summed E-state index contributed by atoms with van der Waals surface area (Å²) in [6, 6.07) is 13.3. The summed E-state index contributed by atoms with van der Waals surface area (Å²) in [5.74, 6) is -1.60. The Morgan fingerprint density at radius 2 is 1.79 bits per heavy atom. The average Bonchev–Trinajstić information content (AvgIpc) is 3.12. The third-order valence-electron chi connectivity index (χ3n) is 5.27. The summed E-state index contributed by atoms with van der Waals surface area (Å²) in [6.07, 6.45) is 0. The van der Waals surface area contributed by atoms with Crippen LogP contribution in [0.2, 0.25) is 5.02 Å². The topological polar surface area (TPSA) is 137 Å². The van der Waals surface area contributed by atoms with Crippen molar-refractivity contribution >= 4 is 33.3 Å². The summed E-state index contributed by atoms with van der Waals surface area (Å²) < 4.78 is 27.1. The smallest absolute Gasteiger partial charge is 0.270 e. The van der Waals surface area contributed by atoms with Crippen molar-refractivity contribution < 1.29 is 18.0 Å². The van der Waals surface area contributed by atoms with Crippen molar-refractivity contribution in [3.63, 3.8) is 0 Å². The van der Waals surface area contributed by atoms with Crippen LogP contribution in [0.5, 0.6) is 0 Å². The van der Waals surface area contributed by atoms with Crippen LogP contribution in [0.15, 0.2) is 52.3 Å². The van der Waals surface area contributed by atoms with Crippen LogP contribution in [-0.4, -0.2) is 37.2 Å². The molecule has 0 aliphatic rings. The lowest BCUT2D eigenvalue weighted by atomic mass is 10.1. The van der Waals surface area contributed by atoms with E-state index in [4.69, 9.17) is 17.3 Å². The quantitative estimate of drug-likeness (QED) is 0.552. The highest BCUT2D eigenvalue weighted by Crippen LogP contribution is 2.32. The Hall–Kier alpha value is -3.61. The van der Waals surface area contributed by atoms with E-state index in [1.165, 1.54) is 31.0 Å². The summed E-state index contributed by atoms with van der Waals surface area (Å²) in [4.78, 5) is 28.5. The fraction of sp³-hybridized carbons (Fsp3) is 0.174. The van der Waals surface area contributed by atoms with Crippen LogP contribution in [0.3, 0.4) is 0 Å². The second kappa shape index (κ2) is 9.10. The van der Waals surface area contributed by atoms with Gasteiger partial charge >= 0.3 is 0 Å². The number of amides is 2. The largest absolute Gasteiger partial charge is 0.364 e. The molecule has 0 bridgehead atoms. The molecule has 3 rings (SSSR count). The maximum absolute atomic E-state index is 13.5. The predicted molar refractivity (Wildman–Crippen MR) is 123 cm³/mol. The number of aromatic amines is 1. The van der Waals surface area contributed by atoms with E-state index in [2.05, 4.69) is 4.98 Å². The minimum absolute atomic E-state index is 0.0326. The van der Waals surface area contributed by atoms with Crippen LogP contribution in [0, 0.1) is 25.2 Å². The number of primary amides is 1. The molecule has 1 heterocycles. The molecule has 170 valence electrons. The molecule has 0 spiro atoms. The van der Waals surface area contributed by atoms with Crippen molar-refractivity contribution in [3.05, 3.63) is 81.1 Å². The maximum Gasteiger partial charge on any atom is 0.270 e. The fourth-order valence-electron chi connectivity index (χ4n) is 3.56. The van der Waals surface area contributed by atoms with E-state index in [0.29, 0.717) is 16.1 Å². The van der Waals surface area contributed by atoms with Gasteiger partial charge in [-0.05, 0) is 42.7 Å². The number of nitriles is 1. The zero-order valence-electron chi connectivity index (χ0n) is 18.1. The van der Waals surface area contributed by atoms with Crippen molar-refractivity contribution in [2.24, 2.45) is 5.73 Å². The van der Waals surface area contributed by atoms with Gasteiger partial charge in [0.2, 0.25) is 9.84 Å². The van der Waals surface area contributed by atoms with Gasteiger partial charge in [0.05, 0.1) is 10.5 Å². The molecule has 3 aromatic rings. The van der Waals surface area contributed by atoms with Crippen LogP contribution in [0.1, 0.15) is 43.2 Å². The molecule has 2 aromatic carbocycles. The van der Waals surface area contributed by atoms with Crippen LogP contribution in [-0.2, 0) is 16.4 Å². The first-order valence-corrected chi connectivity index (χ1v) is 11.6. The second-order valence-electron chi connectivity index (χ2n) is 7.51. The maximum atomic E-state index is 13.5. The van der Waals surface area contributed by atoms with Gasteiger partial charge < -0.3 is 15.6 Å². The molecule has 0 aliphatic carbocycles. The molecule has 0 fully saturated rings. The summed E-state index contributed by atoms with van der Waals surface area (Å²) in [6.45, 7) is 3.17. The second-order valence-corrected chi connectivity index (χ2v) is 9.77. The van der Waals surface area contributed by atoms with Gasteiger partial charge in [-0.25, -0.2) is 8.42 Å². The standard InChI is InChI=1S/C23H21ClN4O4S/c1-13-7-6-10-18(16(13)11-25)33(31,32)21-14(2)19(27-20(21)22(26)29)23(30)28(3)12-15-8-4-5-9-17(15)24/h4-10,27H,12H2,1-3H3,(H2,26,29). The molecule has 8 nitrogen and oxygen atoms in total. The molecule has 33 heavy (non-hydrogen) atoms. The lowest BCUT2D eigenvalue weighted by molar-refractivity contribution is 0.0779. The number of benzene rings is 2. The van der Waals surface area contributed by atoms with E-state index < -0.39 is 32.2 Å². The third kappa shape index (κ3) is 4.35. The van der Waals surface area contributed by atoms with Gasteiger partial charge in [0.15, 0.2) is 0 Å². The van der Waals surface area contributed by atoms with Crippen LogP contribution < -0.4 is 5.73 Å². The summed E-state index contributed by atoms with van der Waals surface area (Å²) in [7, 11) is -2.83. The molecule has 3 N–H and O–H groups in total. The number of H-pyrrole nitrogens is 1. The van der Waals surface area contributed by atoms with Gasteiger partial charge in [-0.1, -0.05) is 41.9 Å². The summed E-state index contributed by atoms with van der Waals surface area (Å²) in [5.41, 5.74) is 6.08. The zero-order chi connectivity index (χ0) is 24.5. The highest BCUT2D eigenvalue weighted by atomic mass is 35.5. The number of hydrogen-bond donors (Lipinski definition) is 2. The Bertz CT molecular complexity index is 1420. The number of sulfone groups is 1. The lowest BCUT2D eigenvalue weighted by Crippen LogP contribution is -2.27. The van der Waals surface area contributed by atoms with Crippen LogP contribution >= 0.6 is 11.6 Å². The predicted octanol–water partition coefficient (Wildman–Crippen LogP) is 3.36. The molecule has 2 amide bonds. The van der Waals surface area contributed by atoms with Gasteiger partial charge in [0.25, 0.3) is 11.8 Å². The molecule has 0 aliphatic heterocycles. The Labute approximate surface area is 196 Å². The first-order chi connectivity index (χ1) is 15.5. The molecular formula is C23H21ClN4O4S. The van der Waals surface area contributed by atoms with E-state index >= 15 is 0 Å². The highest BCUT2D eigenvalue weighted by Gasteiger charge is 2.34. The number of nitrogens with two attached hydrogens (primary N) is 1. The van der Waals surface area contributed by atoms with Gasteiger partial charge in [-0.3, -0.25) is 9.59 Å². The van der Waals surface area contributed by atoms with E-state index in [1.54, 1.807) is 37.3 Å². The molecule has 0 saturated carbocycles. The van der Waals surface area contributed by atoms with E-state index in [-0.39, 0.29) is 28.3 Å². The number of hydrogen-bond acceptors (Lipinski definition) is 5. The normalized spacial score (nSPS) is 11.1. The Morgan fingerprint density at radius 3 is 2.39 bits per heavy atom. The SMILES string of the molecule is Cc1cccc(S(=O)(=O)c2c(C(N)=O)[nH]c(C(=O)N(C)Cc3ccccc3Cl)c2C)c1C#N. The molecular weight excluding hydrogens is 464 g/mol. The first-order valence-electron chi connectivity index (χ1n) is 9.76. The fourth-order valence-corrected chi connectivity index (χ4v) is 5.64. The average molecular weight is 485 g/mol. The van der Waals surface area contributed by atoms with Gasteiger partial charge in [-0.2, -0.15) is 5.26 Å². The first kappa shape index (κ1) is 24.0. The number of carbonyl (C=O) groups excluding carboxylic acids is 2. The zero-order valence-corrected chi connectivity index (χ0v) is 19.7. The Kier molecular flexibility index (Phi) is 6.63. The molecule has 0 unspecified atom stereocenters. The van der Waals surface area contributed by atoms with E-state index in [9.17, 15) is 23.3 Å². The number of nitrogens with one attached hydrogen (secondary N) is 1.